The number of aryl methyl sites for hydroxylation is 1. The molecule has 6 heteroatoms. The van der Waals surface area contributed by atoms with Crippen molar-refractivity contribution < 1.29 is 9.53 Å². The third-order valence-electron chi connectivity index (χ3n) is 2.69. The maximum Gasteiger partial charge on any atom is 0.257 e. The van der Waals surface area contributed by atoms with Crippen LogP contribution in [0.1, 0.15) is 16.1 Å². The SMILES string of the molecule is COc1cc(N)cc(C(=O)Nc2ccc(Br)c(C)n2)c1. The van der Waals surface area contributed by atoms with Crippen LogP contribution in [0.3, 0.4) is 0 Å². The first-order chi connectivity index (χ1) is 9.49. The first kappa shape index (κ1) is 14.3. The van der Waals surface area contributed by atoms with Crippen molar-refractivity contribution in [2.24, 2.45) is 0 Å². The Balaban J connectivity index is 2.23. The molecular weight excluding hydrogens is 322 g/mol. The van der Waals surface area contributed by atoms with E-state index in [0.717, 1.165) is 10.2 Å². The number of pyridine rings is 1. The fourth-order valence-corrected chi connectivity index (χ4v) is 1.89. The molecule has 1 aromatic carbocycles. The van der Waals surface area contributed by atoms with Crippen LogP contribution in [0.5, 0.6) is 5.75 Å². The quantitative estimate of drug-likeness (QED) is 0.845. The van der Waals surface area contributed by atoms with Crippen LogP contribution in [0.4, 0.5) is 11.5 Å². The lowest BCUT2D eigenvalue weighted by Crippen LogP contribution is -2.13. The highest BCUT2D eigenvalue weighted by Gasteiger charge is 2.10. The summed E-state index contributed by atoms with van der Waals surface area (Å²) < 4.78 is 5.98. The average Bonchev–Trinajstić information content (AvgIpc) is 2.42. The van der Waals surface area contributed by atoms with E-state index in [9.17, 15) is 4.79 Å². The highest BCUT2D eigenvalue weighted by molar-refractivity contribution is 9.10. The zero-order valence-corrected chi connectivity index (χ0v) is 12.7. The van der Waals surface area contributed by atoms with E-state index in [-0.39, 0.29) is 5.91 Å². The second kappa shape index (κ2) is 5.92. The normalized spacial score (nSPS) is 10.2. The number of nitrogens with one attached hydrogen (secondary N) is 1. The zero-order chi connectivity index (χ0) is 14.7. The Kier molecular flexibility index (Phi) is 4.24. The molecule has 0 radical (unpaired) electrons. The van der Waals surface area contributed by atoms with Crippen LogP contribution >= 0.6 is 15.9 Å². The van der Waals surface area contributed by atoms with Crippen molar-refractivity contribution in [1.29, 1.82) is 0 Å². The van der Waals surface area contributed by atoms with Gasteiger partial charge >= 0.3 is 0 Å². The minimum absolute atomic E-state index is 0.287. The van der Waals surface area contributed by atoms with Crippen LogP contribution < -0.4 is 15.8 Å². The standard InChI is InChI=1S/C14H14BrN3O2/c1-8-12(15)3-4-13(17-8)18-14(19)9-5-10(16)7-11(6-9)20-2/h3-7H,16H2,1-2H3,(H,17,18,19). The van der Waals surface area contributed by atoms with E-state index in [2.05, 4.69) is 26.2 Å². The van der Waals surface area contributed by atoms with E-state index in [0.29, 0.717) is 22.8 Å². The monoisotopic (exact) mass is 335 g/mol. The maximum absolute atomic E-state index is 12.2. The smallest absolute Gasteiger partial charge is 0.257 e. The van der Waals surface area contributed by atoms with Gasteiger partial charge in [-0.3, -0.25) is 4.79 Å². The number of nitrogen functional groups attached to an aromatic ring is 1. The number of nitrogens with zero attached hydrogens (tertiary/aromatic N) is 1. The van der Waals surface area contributed by atoms with Gasteiger partial charge in [-0.1, -0.05) is 0 Å². The second-order valence-electron chi connectivity index (χ2n) is 4.21. The van der Waals surface area contributed by atoms with E-state index in [1.807, 2.05) is 13.0 Å². The van der Waals surface area contributed by atoms with Gasteiger partial charge in [0.2, 0.25) is 0 Å². The molecule has 20 heavy (non-hydrogen) atoms. The van der Waals surface area contributed by atoms with E-state index >= 15 is 0 Å². The summed E-state index contributed by atoms with van der Waals surface area (Å²) in [5.74, 6) is 0.733. The molecule has 1 amide bonds. The van der Waals surface area contributed by atoms with E-state index in [4.69, 9.17) is 10.5 Å². The Hall–Kier alpha value is -2.08. The average molecular weight is 336 g/mol. The molecule has 0 atom stereocenters. The molecule has 1 heterocycles. The number of rotatable bonds is 3. The van der Waals surface area contributed by atoms with Crippen molar-refractivity contribution in [1.82, 2.24) is 4.98 Å². The molecule has 0 unspecified atom stereocenters. The Bertz CT molecular complexity index is 659. The van der Waals surface area contributed by atoms with Crippen molar-refractivity contribution in [3.63, 3.8) is 0 Å². The van der Waals surface area contributed by atoms with Crippen molar-refractivity contribution >= 4 is 33.3 Å². The molecular formula is C14H14BrN3O2. The summed E-state index contributed by atoms with van der Waals surface area (Å²) >= 11 is 3.36. The molecule has 0 fully saturated rings. The molecule has 0 aliphatic heterocycles. The van der Waals surface area contributed by atoms with Gasteiger partial charge in [0.1, 0.15) is 11.6 Å². The molecule has 104 valence electrons. The molecule has 2 rings (SSSR count). The fourth-order valence-electron chi connectivity index (χ4n) is 1.67. The van der Waals surface area contributed by atoms with Crippen LogP contribution in [0.2, 0.25) is 0 Å². The summed E-state index contributed by atoms with van der Waals surface area (Å²) in [6.45, 7) is 1.85. The summed E-state index contributed by atoms with van der Waals surface area (Å²) in [6.07, 6.45) is 0. The number of carbonyl (C=O) groups excluding carboxylic acids is 1. The first-order valence-corrected chi connectivity index (χ1v) is 6.68. The number of nitrogens with two attached hydrogens (primary N) is 1. The van der Waals surface area contributed by atoms with Gasteiger partial charge in [0.25, 0.3) is 5.91 Å². The number of halogens is 1. The van der Waals surface area contributed by atoms with Crippen LogP contribution in [0.15, 0.2) is 34.8 Å². The minimum atomic E-state index is -0.287. The number of aromatic nitrogens is 1. The summed E-state index contributed by atoms with van der Waals surface area (Å²) in [4.78, 5) is 16.4. The van der Waals surface area contributed by atoms with Gasteiger partial charge in [0.15, 0.2) is 0 Å². The Morgan fingerprint density at radius 2 is 2.10 bits per heavy atom. The minimum Gasteiger partial charge on any atom is -0.497 e. The molecule has 0 bridgehead atoms. The van der Waals surface area contributed by atoms with Gasteiger partial charge in [0, 0.05) is 21.8 Å². The van der Waals surface area contributed by atoms with Crippen LogP contribution in [-0.4, -0.2) is 18.0 Å². The molecule has 0 saturated heterocycles. The molecule has 1 aromatic heterocycles. The third-order valence-corrected chi connectivity index (χ3v) is 3.53. The Morgan fingerprint density at radius 3 is 2.75 bits per heavy atom. The number of anilines is 2. The first-order valence-electron chi connectivity index (χ1n) is 5.88. The Labute approximate surface area is 125 Å². The van der Waals surface area contributed by atoms with Crippen molar-refractivity contribution in [3.8, 4) is 5.75 Å². The lowest BCUT2D eigenvalue weighted by atomic mass is 10.1. The van der Waals surface area contributed by atoms with Gasteiger partial charge in [-0.15, -0.1) is 0 Å². The maximum atomic E-state index is 12.2. The second-order valence-corrected chi connectivity index (χ2v) is 5.07. The molecule has 0 aliphatic rings. The third kappa shape index (κ3) is 3.27. The van der Waals surface area contributed by atoms with Crippen LogP contribution in [-0.2, 0) is 0 Å². The molecule has 5 nitrogen and oxygen atoms in total. The van der Waals surface area contributed by atoms with Gasteiger partial charge in [0.05, 0.1) is 12.8 Å². The van der Waals surface area contributed by atoms with E-state index in [1.54, 1.807) is 24.3 Å². The van der Waals surface area contributed by atoms with Gasteiger partial charge in [-0.05, 0) is 47.1 Å². The van der Waals surface area contributed by atoms with Gasteiger partial charge in [-0.2, -0.15) is 0 Å². The molecule has 0 spiro atoms. The highest BCUT2D eigenvalue weighted by atomic mass is 79.9. The van der Waals surface area contributed by atoms with Gasteiger partial charge < -0.3 is 15.8 Å². The molecule has 0 aliphatic carbocycles. The lowest BCUT2D eigenvalue weighted by Gasteiger charge is -2.08. The van der Waals surface area contributed by atoms with Crippen molar-refractivity contribution in [2.75, 3.05) is 18.2 Å². The molecule has 0 saturated carbocycles. The number of hydrogen-bond donors (Lipinski definition) is 2. The van der Waals surface area contributed by atoms with Gasteiger partial charge in [-0.25, -0.2) is 4.98 Å². The number of ether oxygens (including phenoxy) is 1. The van der Waals surface area contributed by atoms with Crippen molar-refractivity contribution in [3.05, 3.63) is 46.1 Å². The largest absolute Gasteiger partial charge is 0.497 e. The summed E-state index contributed by atoms with van der Waals surface area (Å²) in [6, 6.07) is 8.41. The van der Waals surface area contributed by atoms with E-state index < -0.39 is 0 Å². The summed E-state index contributed by atoms with van der Waals surface area (Å²) in [5, 5.41) is 2.72. The summed E-state index contributed by atoms with van der Waals surface area (Å²) in [5.41, 5.74) is 7.42. The van der Waals surface area contributed by atoms with Crippen LogP contribution in [0, 0.1) is 6.92 Å². The lowest BCUT2D eigenvalue weighted by molar-refractivity contribution is 0.102. The predicted octanol–water partition coefficient (Wildman–Crippen LogP) is 3.00. The number of methoxy groups -OCH3 is 1. The molecule has 2 aromatic rings. The predicted molar refractivity (Wildman–Crippen MR) is 82.0 cm³/mol. The number of benzene rings is 1. The number of hydrogen-bond acceptors (Lipinski definition) is 4. The Morgan fingerprint density at radius 1 is 1.35 bits per heavy atom. The van der Waals surface area contributed by atoms with Crippen LogP contribution in [0.25, 0.3) is 0 Å². The number of carbonyl (C=O) groups is 1. The zero-order valence-electron chi connectivity index (χ0n) is 11.1. The topological polar surface area (TPSA) is 77.2 Å². The summed E-state index contributed by atoms with van der Waals surface area (Å²) in [7, 11) is 1.52. The number of amides is 1. The van der Waals surface area contributed by atoms with Crippen molar-refractivity contribution in [2.45, 2.75) is 6.92 Å². The van der Waals surface area contributed by atoms with E-state index in [1.165, 1.54) is 7.11 Å². The molecule has 3 N–H and O–H groups in total. The highest BCUT2D eigenvalue weighted by Crippen LogP contribution is 2.20. The fraction of sp³-hybridized carbons (Fsp3) is 0.143.